The van der Waals surface area contributed by atoms with Gasteiger partial charge in [-0.1, -0.05) is 0 Å². The van der Waals surface area contributed by atoms with Crippen molar-refractivity contribution in [3.8, 4) is 11.1 Å². The van der Waals surface area contributed by atoms with Crippen LogP contribution in [0.3, 0.4) is 0 Å². The number of benzene rings is 1. The number of carbonyl (C=O) groups is 1. The lowest BCUT2D eigenvalue weighted by molar-refractivity contribution is -0.141. The zero-order valence-electron chi connectivity index (χ0n) is 11.3. The topological polar surface area (TPSA) is 60.9 Å². The summed E-state index contributed by atoms with van der Waals surface area (Å²) in [5.74, 6) is -3.46. The lowest BCUT2D eigenvalue weighted by Gasteiger charge is -2.08. The lowest BCUT2D eigenvalue weighted by Crippen LogP contribution is -2.15. The Balaban J connectivity index is 2.56. The SMILES string of the molecule is NC(=O)CCn1cc(-c2ccc(Br)c(F)c2F)c(C(F)(F)F)n1. The van der Waals surface area contributed by atoms with Crippen LogP contribution in [-0.4, -0.2) is 15.7 Å². The number of hydrogen-bond acceptors (Lipinski definition) is 2. The second kappa shape index (κ2) is 6.26. The quantitative estimate of drug-likeness (QED) is 0.634. The molecule has 0 bridgehead atoms. The van der Waals surface area contributed by atoms with E-state index in [1.165, 1.54) is 0 Å². The molecule has 10 heteroatoms. The molecule has 1 amide bonds. The highest BCUT2D eigenvalue weighted by Crippen LogP contribution is 2.38. The van der Waals surface area contributed by atoms with Crippen LogP contribution in [0.1, 0.15) is 12.1 Å². The summed E-state index contributed by atoms with van der Waals surface area (Å²) in [6.45, 7) is -0.209. The summed E-state index contributed by atoms with van der Waals surface area (Å²) in [5.41, 5.74) is 2.35. The standard InChI is InChI=1S/C13H9BrF5N3O/c14-8-2-1-6(10(15)11(8)16)7-5-22(4-3-9(20)23)21-12(7)13(17,18)19/h1-2,5H,3-4H2,(H2,20,23). The molecule has 0 fully saturated rings. The van der Waals surface area contributed by atoms with Gasteiger partial charge in [0, 0.05) is 30.3 Å². The zero-order valence-corrected chi connectivity index (χ0v) is 12.9. The maximum atomic E-state index is 14.0. The summed E-state index contributed by atoms with van der Waals surface area (Å²) in [6, 6.07) is 2.10. The molecule has 4 nitrogen and oxygen atoms in total. The minimum Gasteiger partial charge on any atom is -0.370 e. The van der Waals surface area contributed by atoms with Crippen molar-refractivity contribution in [1.29, 1.82) is 0 Å². The highest BCUT2D eigenvalue weighted by molar-refractivity contribution is 9.10. The Labute approximate surface area is 135 Å². The largest absolute Gasteiger partial charge is 0.435 e. The van der Waals surface area contributed by atoms with E-state index in [9.17, 15) is 26.7 Å². The molecule has 1 aromatic heterocycles. The zero-order chi connectivity index (χ0) is 17.4. The summed E-state index contributed by atoms with van der Waals surface area (Å²) in [7, 11) is 0. The number of nitrogens with two attached hydrogens (primary N) is 1. The Hall–Kier alpha value is -1.97. The van der Waals surface area contributed by atoms with Gasteiger partial charge in [0.15, 0.2) is 17.3 Å². The van der Waals surface area contributed by atoms with Crippen LogP contribution < -0.4 is 5.73 Å². The first kappa shape index (κ1) is 17.4. The number of carbonyl (C=O) groups excluding carboxylic acids is 1. The van der Waals surface area contributed by atoms with Crippen LogP contribution in [0.25, 0.3) is 11.1 Å². The second-order valence-corrected chi connectivity index (χ2v) is 5.45. The van der Waals surface area contributed by atoms with Gasteiger partial charge in [-0.25, -0.2) is 8.78 Å². The van der Waals surface area contributed by atoms with E-state index in [2.05, 4.69) is 21.0 Å². The summed E-state index contributed by atoms with van der Waals surface area (Å²) in [6.07, 6.45) is -4.21. The number of aromatic nitrogens is 2. The fraction of sp³-hybridized carbons (Fsp3) is 0.231. The number of halogens is 6. The van der Waals surface area contributed by atoms with Crippen LogP contribution in [0.15, 0.2) is 22.8 Å². The number of rotatable bonds is 4. The molecule has 2 aromatic rings. The second-order valence-electron chi connectivity index (χ2n) is 4.59. The Kier molecular flexibility index (Phi) is 4.73. The molecular weight excluding hydrogens is 389 g/mol. The average molecular weight is 398 g/mol. The molecule has 0 spiro atoms. The Morgan fingerprint density at radius 2 is 1.87 bits per heavy atom. The van der Waals surface area contributed by atoms with Gasteiger partial charge in [0.2, 0.25) is 5.91 Å². The van der Waals surface area contributed by atoms with Gasteiger partial charge in [0.1, 0.15) is 0 Å². The summed E-state index contributed by atoms with van der Waals surface area (Å²) < 4.78 is 67.3. The van der Waals surface area contributed by atoms with Crippen molar-refractivity contribution in [1.82, 2.24) is 9.78 Å². The molecule has 1 aromatic carbocycles. The van der Waals surface area contributed by atoms with Crippen LogP contribution in [0.2, 0.25) is 0 Å². The Bertz CT molecular complexity index is 757. The highest BCUT2D eigenvalue weighted by Gasteiger charge is 2.38. The summed E-state index contributed by atoms with van der Waals surface area (Å²) in [4.78, 5) is 10.7. The number of primary amides is 1. The maximum Gasteiger partial charge on any atom is 0.435 e. The lowest BCUT2D eigenvalue weighted by atomic mass is 10.1. The van der Waals surface area contributed by atoms with E-state index in [0.29, 0.717) is 0 Å². The fourth-order valence-electron chi connectivity index (χ4n) is 1.90. The molecule has 2 rings (SSSR count). The van der Waals surface area contributed by atoms with Crippen molar-refractivity contribution in [3.05, 3.63) is 40.1 Å². The normalized spacial score (nSPS) is 11.7. The van der Waals surface area contributed by atoms with E-state index in [1.54, 1.807) is 0 Å². The average Bonchev–Trinajstić information content (AvgIpc) is 2.87. The van der Waals surface area contributed by atoms with E-state index in [0.717, 1.165) is 23.0 Å². The molecule has 23 heavy (non-hydrogen) atoms. The van der Waals surface area contributed by atoms with Gasteiger partial charge in [0.05, 0.1) is 4.47 Å². The van der Waals surface area contributed by atoms with Crippen molar-refractivity contribution >= 4 is 21.8 Å². The van der Waals surface area contributed by atoms with Gasteiger partial charge < -0.3 is 5.73 Å². The van der Waals surface area contributed by atoms with Gasteiger partial charge in [-0.05, 0) is 28.1 Å². The van der Waals surface area contributed by atoms with Gasteiger partial charge in [-0.2, -0.15) is 18.3 Å². The third-order valence-electron chi connectivity index (χ3n) is 2.94. The predicted molar refractivity (Wildman–Crippen MR) is 74.1 cm³/mol. The third kappa shape index (κ3) is 3.69. The monoisotopic (exact) mass is 397 g/mol. The first-order chi connectivity index (χ1) is 10.6. The third-order valence-corrected chi connectivity index (χ3v) is 3.56. The molecule has 1 heterocycles. The van der Waals surface area contributed by atoms with E-state index in [4.69, 9.17) is 5.73 Å². The minimum absolute atomic E-state index is 0.209. The van der Waals surface area contributed by atoms with Gasteiger partial charge in [-0.15, -0.1) is 0 Å². The molecule has 0 saturated heterocycles. The molecule has 2 N–H and O–H groups in total. The predicted octanol–water partition coefficient (Wildman–Crippen LogP) is 3.49. The number of aryl methyl sites for hydroxylation is 1. The molecule has 0 aliphatic heterocycles. The van der Waals surface area contributed by atoms with Crippen molar-refractivity contribution in [3.63, 3.8) is 0 Å². The summed E-state index contributed by atoms with van der Waals surface area (Å²) in [5, 5.41) is 3.31. The Morgan fingerprint density at radius 1 is 1.22 bits per heavy atom. The highest BCUT2D eigenvalue weighted by atomic mass is 79.9. The van der Waals surface area contributed by atoms with E-state index >= 15 is 0 Å². The van der Waals surface area contributed by atoms with Crippen LogP contribution in [0.4, 0.5) is 22.0 Å². The molecule has 0 radical (unpaired) electrons. The van der Waals surface area contributed by atoms with Crippen molar-refractivity contribution < 1.29 is 26.7 Å². The van der Waals surface area contributed by atoms with E-state index in [1.807, 2.05) is 0 Å². The number of amides is 1. The van der Waals surface area contributed by atoms with Crippen LogP contribution >= 0.6 is 15.9 Å². The minimum atomic E-state index is -4.87. The van der Waals surface area contributed by atoms with Gasteiger partial charge in [-0.3, -0.25) is 9.48 Å². The van der Waals surface area contributed by atoms with Crippen LogP contribution in [0.5, 0.6) is 0 Å². The van der Waals surface area contributed by atoms with Crippen molar-refractivity contribution in [2.45, 2.75) is 19.1 Å². The fourth-order valence-corrected chi connectivity index (χ4v) is 2.21. The number of nitrogens with zero attached hydrogens (tertiary/aromatic N) is 2. The Morgan fingerprint density at radius 3 is 2.43 bits per heavy atom. The molecule has 124 valence electrons. The molecule has 0 atom stereocenters. The molecule has 0 aliphatic carbocycles. The van der Waals surface area contributed by atoms with Crippen LogP contribution in [0, 0.1) is 11.6 Å². The van der Waals surface area contributed by atoms with Gasteiger partial charge >= 0.3 is 6.18 Å². The molecule has 0 unspecified atom stereocenters. The van der Waals surface area contributed by atoms with Gasteiger partial charge in [0.25, 0.3) is 0 Å². The summed E-state index contributed by atoms with van der Waals surface area (Å²) >= 11 is 2.75. The first-order valence-electron chi connectivity index (χ1n) is 6.18. The van der Waals surface area contributed by atoms with Crippen molar-refractivity contribution in [2.75, 3.05) is 0 Å². The van der Waals surface area contributed by atoms with Crippen LogP contribution in [-0.2, 0) is 17.5 Å². The van der Waals surface area contributed by atoms with Crippen molar-refractivity contribution in [2.24, 2.45) is 5.73 Å². The van der Waals surface area contributed by atoms with E-state index in [-0.39, 0.29) is 17.4 Å². The maximum absolute atomic E-state index is 14.0. The number of hydrogen-bond donors (Lipinski definition) is 1. The molecule has 0 saturated carbocycles. The first-order valence-corrected chi connectivity index (χ1v) is 6.97. The number of alkyl halides is 3. The molecular formula is C13H9BrF5N3O. The smallest absolute Gasteiger partial charge is 0.370 e. The molecule has 0 aliphatic rings. The van der Waals surface area contributed by atoms with E-state index < -0.39 is 40.5 Å².